The second kappa shape index (κ2) is 7.33. The van der Waals surface area contributed by atoms with Crippen LogP contribution in [-0.2, 0) is 11.2 Å². The third kappa shape index (κ3) is 3.82. The van der Waals surface area contributed by atoms with Gasteiger partial charge in [0.2, 0.25) is 5.91 Å². The molecule has 0 aliphatic heterocycles. The van der Waals surface area contributed by atoms with Crippen molar-refractivity contribution in [2.45, 2.75) is 6.42 Å². The number of nitrogens with one attached hydrogen (secondary N) is 2. The van der Waals surface area contributed by atoms with Gasteiger partial charge in [0.1, 0.15) is 11.6 Å². The van der Waals surface area contributed by atoms with Crippen LogP contribution in [0.3, 0.4) is 0 Å². The molecule has 0 bridgehead atoms. The molecule has 4 rings (SSSR count). The van der Waals surface area contributed by atoms with Gasteiger partial charge >= 0.3 is 0 Å². The molecule has 0 saturated heterocycles. The molecule has 0 fully saturated rings. The number of benzene rings is 2. The number of hydrogen-bond acceptors (Lipinski definition) is 3. The smallest absolute Gasteiger partial charge is 0.229 e. The van der Waals surface area contributed by atoms with Crippen molar-refractivity contribution in [1.82, 2.24) is 9.97 Å². The molecular weight excluding hydrogens is 338 g/mol. The van der Waals surface area contributed by atoms with Gasteiger partial charge in [-0.05, 0) is 52.4 Å². The number of aromatic nitrogens is 2. The van der Waals surface area contributed by atoms with E-state index in [9.17, 15) is 4.79 Å². The van der Waals surface area contributed by atoms with Crippen molar-refractivity contribution in [3.63, 3.8) is 0 Å². The Morgan fingerprint density at radius 2 is 1.89 bits per heavy atom. The van der Waals surface area contributed by atoms with Crippen LogP contribution in [-0.4, -0.2) is 23.0 Å². The zero-order valence-electron chi connectivity index (χ0n) is 14.9. The molecule has 27 heavy (non-hydrogen) atoms. The number of carbonyl (C=O) groups excluding carboxylic acids is 1. The average Bonchev–Trinajstić information content (AvgIpc) is 3.23. The van der Waals surface area contributed by atoms with Crippen LogP contribution in [0.2, 0.25) is 0 Å². The van der Waals surface area contributed by atoms with Crippen molar-refractivity contribution in [2.24, 2.45) is 0 Å². The second-order valence-corrected chi connectivity index (χ2v) is 6.30. The third-order valence-corrected chi connectivity index (χ3v) is 4.44. The van der Waals surface area contributed by atoms with E-state index in [0.717, 1.165) is 33.2 Å². The number of rotatable bonds is 5. The summed E-state index contributed by atoms with van der Waals surface area (Å²) in [6.07, 6.45) is 5.92. The molecule has 5 heteroatoms. The Morgan fingerprint density at radius 3 is 2.63 bits per heavy atom. The summed E-state index contributed by atoms with van der Waals surface area (Å²) in [5.41, 5.74) is 3.16. The van der Waals surface area contributed by atoms with Crippen LogP contribution in [0.25, 0.3) is 21.9 Å². The maximum Gasteiger partial charge on any atom is 0.229 e. The van der Waals surface area contributed by atoms with Crippen LogP contribution in [0.1, 0.15) is 5.56 Å². The predicted molar refractivity (Wildman–Crippen MR) is 107 cm³/mol. The largest absolute Gasteiger partial charge is 0.497 e. The summed E-state index contributed by atoms with van der Waals surface area (Å²) in [5.74, 6) is 1.22. The zero-order valence-corrected chi connectivity index (χ0v) is 14.9. The van der Waals surface area contributed by atoms with Crippen LogP contribution in [0.15, 0.2) is 73.2 Å². The number of amides is 1. The maximum atomic E-state index is 12.3. The number of nitrogens with zero attached hydrogens (tertiary/aromatic N) is 1. The lowest BCUT2D eigenvalue weighted by molar-refractivity contribution is -0.115. The monoisotopic (exact) mass is 357 g/mol. The predicted octanol–water partition coefficient (Wildman–Crippen LogP) is 4.42. The van der Waals surface area contributed by atoms with Crippen LogP contribution in [0.5, 0.6) is 5.75 Å². The number of fused-ring (bicyclic) bond motifs is 1. The molecule has 0 aliphatic rings. The molecule has 2 aromatic heterocycles. The van der Waals surface area contributed by atoms with Crippen molar-refractivity contribution in [3.8, 4) is 16.9 Å². The van der Waals surface area contributed by atoms with Gasteiger partial charge in [0, 0.05) is 24.0 Å². The molecule has 2 heterocycles. The van der Waals surface area contributed by atoms with Gasteiger partial charge in [-0.15, -0.1) is 0 Å². The summed E-state index contributed by atoms with van der Waals surface area (Å²) in [6, 6.07) is 17.6. The van der Waals surface area contributed by atoms with E-state index in [4.69, 9.17) is 4.74 Å². The molecule has 1 amide bonds. The normalized spacial score (nSPS) is 10.7. The van der Waals surface area contributed by atoms with Gasteiger partial charge in [0.05, 0.1) is 13.5 Å². The first-order valence-corrected chi connectivity index (χ1v) is 8.67. The summed E-state index contributed by atoms with van der Waals surface area (Å²) >= 11 is 0. The van der Waals surface area contributed by atoms with Crippen LogP contribution in [0.4, 0.5) is 5.82 Å². The fraction of sp³-hybridized carbons (Fsp3) is 0.0909. The van der Waals surface area contributed by atoms with E-state index in [0.29, 0.717) is 5.82 Å². The van der Waals surface area contributed by atoms with Crippen molar-refractivity contribution in [1.29, 1.82) is 0 Å². The molecule has 2 aromatic carbocycles. The summed E-state index contributed by atoms with van der Waals surface area (Å²) in [6.45, 7) is 0. The van der Waals surface area contributed by atoms with E-state index >= 15 is 0 Å². The molecule has 0 radical (unpaired) electrons. The Hall–Kier alpha value is -3.60. The SMILES string of the molecule is COc1ccc(CC(=O)Nc2cc3cc(-c4cc[nH]c4)ccc3cn2)cc1. The Morgan fingerprint density at radius 1 is 1.04 bits per heavy atom. The van der Waals surface area contributed by atoms with E-state index in [1.165, 1.54) is 0 Å². The molecule has 0 atom stereocenters. The highest BCUT2D eigenvalue weighted by molar-refractivity contribution is 5.94. The third-order valence-electron chi connectivity index (χ3n) is 4.44. The number of anilines is 1. The molecule has 5 nitrogen and oxygen atoms in total. The molecule has 134 valence electrons. The minimum absolute atomic E-state index is 0.103. The van der Waals surface area contributed by atoms with Gasteiger partial charge in [-0.2, -0.15) is 0 Å². The molecular formula is C22H19N3O2. The highest BCUT2D eigenvalue weighted by Crippen LogP contribution is 2.25. The average molecular weight is 357 g/mol. The Bertz CT molecular complexity index is 1070. The molecule has 0 spiro atoms. The molecule has 0 aliphatic carbocycles. The lowest BCUT2D eigenvalue weighted by Crippen LogP contribution is -2.15. The fourth-order valence-corrected chi connectivity index (χ4v) is 3.01. The van der Waals surface area contributed by atoms with E-state index < -0.39 is 0 Å². The number of pyridine rings is 1. The molecule has 0 saturated carbocycles. The van der Waals surface area contributed by atoms with Crippen LogP contribution in [0, 0.1) is 0 Å². The number of H-pyrrole nitrogens is 1. The first-order valence-electron chi connectivity index (χ1n) is 8.67. The van der Waals surface area contributed by atoms with Crippen LogP contribution >= 0.6 is 0 Å². The summed E-state index contributed by atoms with van der Waals surface area (Å²) < 4.78 is 5.13. The second-order valence-electron chi connectivity index (χ2n) is 6.30. The number of carbonyl (C=O) groups is 1. The van der Waals surface area contributed by atoms with Crippen LogP contribution < -0.4 is 10.1 Å². The number of ether oxygens (including phenoxy) is 1. The van der Waals surface area contributed by atoms with Gasteiger partial charge in [0.15, 0.2) is 0 Å². The van der Waals surface area contributed by atoms with Gasteiger partial charge in [-0.25, -0.2) is 4.98 Å². The number of hydrogen-bond donors (Lipinski definition) is 2. The summed E-state index contributed by atoms with van der Waals surface area (Å²) in [4.78, 5) is 19.8. The molecule has 2 N–H and O–H groups in total. The standard InChI is InChI=1S/C22H19N3O2/c1-27-20-6-2-15(3-7-20)10-22(26)25-21-12-19-11-16(18-8-9-23-13-18)4-5-17(19)14-24-21/h2-9,11-14,23H,10H2,1H3,(H,24,25,26). The fourth-order valence-electron chi connectivity index (χ4n) is 3.01. The number of aromatic amines is 1. The van der Waals surface area contributed by atoms with Crippen molar-refractivity contribution < 1.29 is 9.53 Å². The lowest BCUT2D eigenvalue weighted by Gasteiger charge is -2.07. The minimum Gasteiger partial charge on any atom is -0.497 e. The Kier molecular flexibility index (Phi) is 4.58. The van der Waals surface area contributed by atoms with Crippen molar-refractivity contribution >= 4 is 22.5 Å². The lowest BCUT2D eigenvalue weighted by atomic mass is 10.0. The first kappa shape index (κ1) is 16.8. The summed E-state index contributed by atoms with van der Waals surface area (Å²) in [5, 5.41) is 4.94. The zero-order chi connectivity index (χ0) is 18.6. The van der Waals surface area contributed by atoms with Gasteiger partial charge in [0.25, 0.3) is 0 Å². The minimum atomic E-state index is -0.103. The quantitative estimate of drug-likeness (QED) is 0.556. The maximum absolute atomic E-state index is 12.3. The summed E-state index contributed by atoms with van der Waals surface area (Å²) in [7, 11) is 1.62. The van der Waals surface area contributed by atoms with E-state index in [1.807, 2.05) is 54.9 Å². The van der Waals surface area contributed by atoms with Crippen molar-refractivity contribution in [3.05, 3.63) is 78.8 Å². The van der Waals surface area contributed by atoms with E-state index in [-0.39, 0.29) is 12.3 Å². The Balaban J connectivity index is 1.51. The van der Waals surface area contributed by atoms with Gasteiger partial charge in [-0.1, -0.05) is 24.3 Å². The van der Waals surface area contributed by atoms with Crippen molar-refractivity contribution in [2.75, 3.05) is 12.4 Å². The highest BCUT2D eigenvalue weighted by atomic mass is 16.5. The van der Waals surface area contributed by atoms with Gasteiger partial charge in [-0.3, -0.25) is 4.79 Å². The first-order chi connectivity index (χ1) is 13.2. The van der Waals surface area contributed by atoms with Gasteiger partial charge < -0.3 is 15.0 Å². The highest BCUT2D eigenvalue weighted by Gasteiger charge is 2.07. The molecule has 4 aromatic rings. The topological polar surface area (TPSA) is 67.0 Å². The Labute approximate surface area is 157 Å². The molecule has 0 unspecified atom stereocenters. The number of methoxy groups -OCH3 is 1. The van der Waals surface area contributed by atoms with E-state index in [1.54, 1.807) is 13.3 Å². The van der Waals surface area contributed by atoms with E-state index in [2.05, 4.69) is 27.4 Å².